The van der Waals surface area contributed by atoms with E-state index in [1.807, 2.05) is 24.0 Å². The molecule has 1 heterocycles. The first-order valence-electron chi connectivity index (χ1n) is 9.36. The van der Waals surface area contributed by atoms with Crippen LogP contribution in [-0.4, -0.2) is 22.2 Å². The van der Waals surface area contributed by atoms with Crippen molar-refractivity contribution in [2.24, 2.45) is 11.8 Å². The molecule has 0 atom stereocenters. The molecule has 3 rings (SSSR count). The predicted octanol–water partition coefficient (Wildman–Crippen LogP) is 5.10. The van der Waals surface area contributed by atoms with Gasteiger partial charge in [0.15, 0.2) is 0 Å². The summed E-state index contributed by atoms with van der Waals surface area (Å²) < 4.78 is 40.5. The van der Waals surface area contributed by atoms with Gasteiger partial charge in [-0.2, -0.15) is 18.3 Å². The van der Waals surface area contributed by atoms with E-state index < -0.39 is 17.6 Å². The lowest BCUT2D eigenvalue weighted by Crippen LogP contribution is -2.32. The molecule has 1 aromatic heterocycles. The van der Waals surface area contributed by atoms with Crippen LogP contribution in [0.2, 0.25) is 5.02 Å². The molecule has 1 N–H and O–H groups in total. The Hall–Kier alpha value is -2.02. The number of alkyl halides is 3. The highest BCUT2D eigenvalue weighted by Crippen LogP contribution is 2.32. The lowest BCUT2D eigenvalue weighted by molar-refractivity contribution is -0.137. The van der Waals surface area contributed by atoms with Gasteiger partial charge in [0.05, 0.1) is 22.3 Å². The van der Waals surface area contributed by atoms with Gasteiger partial charge in [0.1, 0.15) is 0 Å². The van der Waals surface area contributed by atoms with Crippen molar-refractivity contribution in [3.05, 3.63) is 52.3 Å². The molecule has 8 heteroatoms. The van der Waals surface area contributed by atoms with E-state index in [2.05, 4.69) is 10.4 Å². The van der Waals surface area contributed by atoms with Crippen molar-refractivity contribution in [3.8, 4) is 0 Å². The van der Waals surface area contributed by atoms with Crippen LogP contribution in [0.1, 0.15) is 47.2 Å². The molecule has 0 aliphatic heterocycles. The summed E-state index contributed by atoms with van der Waals surface area (Å²) in [6.45, 7) is 3.35. The topological polar surface area (TPSA) is 46.9 Å². The highest BCUT2D eigenvalue weighted by Gasteiger charge is 2.31. The molecule has 1 aromatic carbocycles. The highest BCUT2D eigenvalue weighted by molar-refractivity contribution is 6.33. The van der Waals surface area contributed by atoms with Gasteiger partial charge >= 0.3 is 6.18 Å². The predicted molar refractivity (Wildman–Crippen MR) is 101 cm³/mol. The van der Waals surface area contributed by atoms with Gasteiger partial charge < -0.3 is 5.32 Å². The van der Waals surface area contributed by atoms with Crippen molar-refractivity contribution in [2.45, 2.75) is 45.3 Å². The highest BCUT2D eigenvalue weighted by atomic mass is 35.5. The second-order valence-corrected chi connectivity index (χ2v) is 7.94. The van der Waals surface area contributed by atoms with Crippen LogP contribution >= 0.6 is 11.6 Å². The third kappa shape index (κ3) is 5.28. The largest absolute Gasteiger partial charge is 0.416 e. The zero-order chi connectivity index (χ0) is 20.3. The minimum Gasteiger partial charge on any atom is -0.352 e. The quantitative estimate of drug-likeness (QED) is 0.741. The molecule has 1 aliphatic carbocycles. The lowest BCUT2D eigenvalue weighted by atomic mass is 9.82. The van der Waals surface area contributed by atoms with E-state index in [1.54, 1.807) is 0 Å². The Morgan fingerprint density at radius 1 is 1.25 bits per heavy atom. The summed E-state index contributed by atoms with van der Waals surface area (Å²) in [5, 5.41) is 7.09. The first kappa shape index (κ1) is 20.7. The molecule has 28 heavy (non-hydrogen) atoms. The molecule has 4 nitrogen and oxygen atoms in total. The Morgan fingerprint density at radius 2 is 1.93 bits per heavy atom. The average molecular weight is 414 g/mol. The van der Waals surface area contributed by atoms with Crippen LogP contribution < -0.4 is 5.32 Å². The van der Waals surface area contributed by atoms with Crippen molar-refractivity contribution >= 4 is 17.5 Å². The first-order chi connectivity index (χ1) is 13.2. The number of hydrogen-bond acceptors (Lipinski definition) is 2. The smallest absolute Gasteiger partial charge is 0.352 e. The Morgan fingerprint density at radius 3 is 2.54 bits per heavy atom. The van der Waals surface area contributed by atoms with Gasteiger partial charge in [-0.25, -0.2) is 0 Å². The van der Waals surface area contributed by atoms with Crippen LogP contribution in [0.5, 0.6) is 0 Å². The number of rotatable bonds is 5. The monoisotopic (exact) mass is 413 g/mol. The Balaban J connectivity index is 1.49. The van der Waals surface area contributed by atoms with Crippen LogP contribution in [0.3, 0.4) is 0 Å². The number of carbonyl (C=O) groups excluding carboxylic acids is 1. The Kier molecular flexibility index (Phi) is 6.33. The number of amides is 1. The first-order valence-corrected chi connectivity index (χ1v) is 9.74. The SMILES string of the molecule is Cc1cnn(CC2CCC(CNC(=O)c3cc(C(F)(F)F)ccc3Cl)CC2)c1. The number of hydrogen-bond donors (Lipinski definition) is 1. The number of carbonyl (C=O) groups is 1. The summed E-state index contributed by atoms with van der Waals surface area (Å²) in [7, 11) is 0. The minimum atomic E-state index is -4.51. The van der Waals surface area contributed by atoms with E-state index in [0.717, 1.165) is 56.0 Å². The Bertz CT molecular complexity index is 826. The van der Waals surface area contributed by atoms with Gasteiger partial charge in [-0.1, -0.05) is 11.6 Å². The molecule has 2 aromatic rings. The maximum Gasteiger partial charge on any atom is 0.416 e. The fraction of sp³-hybridized carbons (Fsp3) is 0.500. The van der Waals surface area contributed by atoms with Crippen LogP contribution in [0.4, 0.5) is 13.2 Å². The summed E-state index contributed by atoms with van der Waals surface area (Å²) in [5.41, 5.74) is 0.125. The van der Waals surface area contributed by atoms with E-state index >= 15 is 0 Å². The average Bonchev–Trinajstić information content (AvgIpc) is 3.05. The second-order valence-electron chi connectivity index (χ2n) is 7.53. The molecule has 0 bridgehead atoms. The number of nitrogens with one attached hydrogen (secondary N) is 1. The summed E-state index contributed by atoms with van der Waals surface area (Å²) in [4.78, 5) is 12.3. The molecule has 1 fully saturated rings. The zero-order valence-corrected chi connectivity index (χ0v) is 16.4. The molecule has 1 saturated carbocycles. The van der Waals surface area contributed by atoms with E-state index in [9.17, 15) is 18.0 Å². The zero-order valence-electron chi connectivity index (χ0n) is 15.6. The van der Waals surface area contributed by atoms with Crippen LogP contribution in [0.25, 0.3) is 0 Å². The molecular weight excluding hydrogens is 391 g/mol. The molecule has 0 spiro atoms. The van der Waals surface area contributed by atoms with E-state index in [4.69, 9.17) is 11.6 Å². The number of aromatic nitrogens is 2. The Labute approximate surface area is 167 Å². The molecule has 1 amide bonds. The van der Waals surface area contributed by atoms with Crippen LogP contribution in [-0.2, 0) is 12.7 Å². The molecule has 0 saturated heterocycles. The maximum absolute atomic E-state index is 12.9. The van der Waals surface area contributed by atoms with Crippen molar-refractivity contribution in [1.82, 2.24) is 15.1 Å². The van der Waals surface area contributed by atoms with Crippen LogP contribution in [0, 0.1) is 18.8 Å². The second kappa shape index (κ2) is 8.55. The van der Waals surface area contributed by atoms with Gasteiger partial charge in [0, 0.05) is 19.3 Å². The van der Waals surface area contributed by atoms with E-state index in [-0.39, 0.29) is 10.6 Å². The van der Waals surface area contributed by atoms with E-state index in [0.29, 0.717) is 18.4 Å². The van der Waals surface area contributed by atoms with E-state index in [1.165, 1.54) is 0 Å². The molecular formula is C20H23ClF3N3O. The summed E-state index contributed by atoms with van der Waals surface area (Å²) >= 11 is 5.92. The van der Waals surface area contributed by atoms with Gasteiger partial charge in [-0.05, 0) is 68.2 Å². The fourth-order valence-corrected chi connectivity index (χ4v) is 3.86. The normalized spacial score (nSPS) is 20.2. The van der Waals surface area contributed by atoms with Gasteiger partial charge in [0.2, 0.25) is 0 Å². The van der Waals surface area contributed by atoms with Crippen molar-refractivity contribution in [2.75, 3.05) is 6.54 Å². The van der Waals surface area contributed by atoms with Crippen LogP contribution in [0.15, 0.2) is 30.6 Å². The number of benzene rings is 1. The molecule has 152 valence electrons. The number of aryl methyl sites for hydroxylation is 1. The minimum absolute atomic E-state index is 0.0173. The number of halogens is 4. The summed E-state index contributed by atoms with van der Waals surface area (Å²) in [5.74, 6) is 0.318. The van der Waals surface area contributed by atoms with Gasteiger partial charge in [0.25, 0.3) is 5.91 Å². The van der Waals surface area contributed by atoms with Gasteiger partial charge in [-0.15, -0.1) is 0 Å². The summed E-state index contributed by atoms with van der Waals surface area (Å²) in [6.07, 6.45) is 3.41. The van der Waals surface area contributed by atoms with Crippen molar-refractivity contribution in [3.63, 3.8) is 0 Å². The number of nitrogens with zero attached hydrogens (tertiary/aromatic N) is 2. The van der Waals surface area contributed by atoms with Gasteiger partial charge in [-0.3, -0.25) is 9.48 Å². The maximum atomic E-state index is 12.9. The lowest BCUT2D eigenvalue weighted by Gasteiger charge is -2.28. The fourth-order valence-electron chi connectivity index (χ4n) is 3.66. The molecule has 0 radical (unpaired) electrons. The summed E-state index contributed by atoms with van der Waals surface area (Å²) in [6, 6.07) is 2.80. The standard InChI is InChI=1S/C20H23ClF3N3O/c1-13-9-26-27(11-13)12-15-4-2-14(3-5-15)10-25-19(28)17-8-16(20(22,23)24)6-7-18(17)21/h6-9,11,14-15H,2-5,10,12H2,1H3,(H,25,28). The van der Waals surface area contributed by atoms with Crippen molar-refractivity contribution < 1.29 is 18.0 Å². The third-order valence-electron chi connectivity index (χ3n) is 5.26. The third-order valence-corrected chi connectivity index (χ3v) is 5.59. The molecule has 0 unspecified atom stereocenters. The van der Waals surface area contributed by atoms with Crippen molar-refractivity contribution in [1.29, 1.82) is 0 Å². The molecule has 1 aliphatic rings.